The molecule has 1 saturated heterocycles. The van der Waals surface area contributed by atoms with E-state index in [1.54, 1.807) is 24.3 Å². The number of rotatable bonds is 5. The molecule has 0 bridgehead atoms. The van der Waals surface area contributed by atoms with Gasteiger partial charge in [-0.3, -0.25) is 9.69 Å². The molecule has 1 aromatic carbocycles. The normalized spacial score (nSPS) is 20.8. The van der Waals surface area contributed by atoms with E-state index in [0.717, 1.165) is 12.8 Å². The fourth-order valence-electron chi connectivity index (χ4n) is 3.84. The summed E-state index contributed by atoms with van der Waals surface area (Å²) in [7, 11) is -1.52. The molecule has 1 amide bonds. The summed E-state index contributed by atoms with van der Waals surface area (Å²) >= 11 is 0. The van der Waals surface area contributed by atoms with Crippen LogP contribution in [0, 0.1) is 0 Å². The van der Waals surface area contributed by atoms with Gasteiger partial charge in [-0.2, -0.15) is 4.31 Å². The Kier molecular flexibility index (Phi) is 6.32. The van der Waals surface area contributed by atoms with Crippen LogP contribution in [0.5, 0.6) is 0 Å². The van der Waals surface area contributed by atoms with Crippen molar-refractivity contribution in [1.29, 1.82) is 0 Å². The van der Waals surface area contributed by atoms with Gasteiger partial charge < -0.3 is 4.90 Å². The van der Waals surface area contributed by atoms with Crippen LogP contribution in [0.15, 0.2) is 35.2 Å². The van der Waals surface area contributed by atoms with Gasteiger partial charge in [0.15, 0.2) is 0 Å². The minimum Gasteiger partial charge on any atom is -0.342 e. The lowest BCUT2D eigenvalue weighted by molar-refractivity contribution is -0.134. The van der Waals surface area contributed by atoms with E-state index in [9.17, 15) is 13.2 Å². The van der Waals surface area contributed by atoms with Crippen molar-refractivity contribution in [2.75, 3.05) is 39.8 Å². The van der Waals surface area contributed by atoms with Gasteiger partial charge in [0, 0.05) is 39.3 Å². The zero-order chi connectivity index (χ0) is 18.6. The molecule has 0 atom stereocenters. The van der Waals surface area contributed by atoms with Gasteiger partial charge in [0.25, 0.3) is 0 Å². The fourth-order valence-corrected chi connectivity index (χ4v) is 5.29. The standard InChI is InChI=1S/C19H29N3O3S/c1-20(17-8-4-2-5-9-17)19(23)16-21-12-14-22(15-13-21)26(24,25)18-10-6-3-7-11-18/h3,6-7,10-11,17H,2,4-5,8-9,12-16H2,1H3. The van der Waals surface area contributed by atoms with Crippen molar-refractivity contribution in [2.24, 2.45) is 0 Å². The van der Waals surface area contributed by atoms with Gasteiger partial charge >= 0.3 is 0 Å². The number of benzene rings is 1. The molecule has 1 saturated carbocycles. The summed E-state index contributed by atoms with van der Waals surface area (Å²) in [6, 6.07) is 8.92. The average Bonchev–Trinajstić information content (AvgIpc) is 2.69. The molecule has 2 aliphatic rings. The van der Waals surface area contributed by atoms with E-state index in [1.807, 2.05) is 18.0 Å². The summed E-state index contributed by atoms with van der Waals surface area (Å²) < 4.78 is 26.8. The Morgan fingerprint density at radius 1 is 1.04 bits per heavy atom. The molecule has 0 aromatic heterocycles. The van der Waals surface area contributed by atoms with Crippen molar-refractivity contribution < 1.29 is 13.2 Å². The smallest absolute Gasteiger partial charge is 0.243 e. The van der Waals surface area contributed by atoms with Crippen molar-refractivity contribution in [3.8, 4) is 0 Å². The van der Waals surface area contributed by atoms with Gasteiger partial charge in [-0.05, 0) is 25.0 Å². The van der Waals surface area contributed by atoms with Gasteiger partial charge in [0.1, 0.15) is 0 Å². The van der Waals surface area contributed by atoms with Gasteiger partial charge in [-0.25, -0.2) is 8.42 Å². The average molecular weight is 380 g/mol. The van der Waals surface area contributed by atoms with E-state index >= 15 is 0 Å². The highest BCUT2D eigenvalue weighted by atomic mass is 32.2. The van der Waals surface area contributed by atoms with Gasteiger partial charge in [-0.1, -0.05) is 37.5 Å². The van der Waals surface area contributed by atoms with Crippen molar-refractivity contribution >= 4 is 15.9 Å². The summed E-state index contributed by atoms with van der Waals surface area (Å²) in [5, 5.41) is 0. The largest absolute Gasteiger partial charge is 0.342 e. The molecule has 0 unspecified atom stereocenters. The molecule has 1 aromatic rings. The minimum absolute atomic E-state index is 0.149. The topological polar surface area (TPSA) is 60.9 Å². The number of nitrogens with zero attached hydrogens (tertiary/aromatic N) is 3. The number of sulfonamides is 1. The van der Waals surface area contributed by atoms with Crippen LogP contribution in [0.3, 0.4) is 0 Å². The Bertz CT molecular complexity index is 694. The second-order valence-corrected chi connectivity index (χ2v) is 9.23. The molecule has 1 aliphatic heterocycles. The van der Waals surface area contributed by atoms with Crippen LogP contribution < -0.4 is 0 Å². The van der Waals surface area contributed by atoms with Crippen molar-refractivity contribution in [2.45, 2.75) is 43.0 Å². The molecule has 1 heterocycles. The van der Waals surface area contributed by atoms with Crippen molar-refractivity contribution in [3.05, 3.63) is 30.3 Å². The monoisotopic (exact) mass is 379 g/mol. The molecule has 7 heteroatoms. The predicted octanol–water partition coefficient (Wildman–Crippen LogP) is 1.78. The molecule has 2 fully saturated rings. The van der Waals surface area contributed by atoms with E-state index < -0.39 is 10.0 Å². The number of likely N-dealkylation sites (N-methyl/N-ethyl adjacent to an activating group) is 1. The Hall–Kier alpha value is -1.44. The summed E-state index contributed by atoms with van der Waals surface area (Å²) in [6.45, 7) is 2.42. The first-order valence-electron chi connectivity index (χ1n) is 9.52. The highest BCUT2D eigenvalue weighted by molar-refractivity contribution is 7.89. The molecule has 0 spiro atoms. The predicted molar refractivity (Wildman–Crippen MR) is 101 cm³/mol. The van der Waals surface area contributed by atoms with Crippen LogP contribution in [0.4, 0.5) is 0 Å². The lowest BCUT2D eigenvalue weighted by atomic mass is 9.94. The van der Waals surface area contributed by atoms with Crippen LogP contribution in [0.25, 0.3) is 0 Å². The Labute approximate surface area is 156 Å². The van der Waals surface area contributed by atoms with E-state index in [1.165, 1.54) is 23.6 Å². The Morgan fingerprint density at radius 2 is 1.65 bits per heavy atom. The van der Waals surface area contributed by atoms with Gasteiger partial charge in [0.05, 0.1) is 11.4 Å². The third-order valence-electron chi connectivity index (χ3n) is 5.59. The highest BCUT2D eigenvalue weighted by Gasteiger charge is 2.30. The maximum absolute atomic E-state index is 12.7. The summed E-state index contributed by atoms with van der Waals surface area (Å²) in [4.78, 5) is 16.9. The first-order valence-corrected chi connectivity index (χ1v) is 11.0. The third-order valence-corrected chi connectivity index (χ3v) is 7.50. The maximum Gasteiger partial charge on any atom is 0.243 e. The molecular formula is C19H29N3O3S. The zero-order valence-electron chi connectivity index (χ0n) is 15.5. The van der Waals surface area contributed by atoms with Crippen LogP contribution in [-0.2, 0) is 14.8 Å². The second kappa shape index (κ2) is 8.50. The number of amides is 1. The number of carbonyl (C=O) groups is 1. The summed E-state index contributed by atoms with van der Waals surface area (Å²) in [5.74, 6) is 0.149. The van der Waals surface area contributed by atoms with Crippen LogP contribution in [0.2, 0.25) is 0 Å². The molecule has 3 rings (SSSR count). The molecule has 6 nitrogen and oxygen atoms in total. The van der Waals surface area contributed by atoms with Gasteiger partial charge in [0.2, 0.25) is 15.9 Å². The maximum atomic E-state index is 12.7. The molecule has 1 aliphatic carbocycles. The third kappa shape index (κ3) is 4.45. The van der Waals surface area contributed by atoms with Crippen molar-refractivity contribution in [1.82, 2.24) is 14.1 Å². The zero-order valence-corrected chi connectivity index (χ0v) is 16.3. The second-order valence-electron chi connectivity index (χ2n) is 7.29. The first kappa shape index (κ1) is 19.3. The number of piperazine rings is 1. The molecule has 144 valence electrons. The Morgan fingerprint density at radius 3 is 2.27 bits per heavy atom. The first-order chi connectivity index (χ1) is 12.5. The molecule has 0 N–H and O–H groups in total. The lowest BCUT2D eigenvalue weighted by Crippen LogP contribution is -2.52. The highest BCUT2D eigenvalue weighted by Crippen LogP contribution is 2.22. The van der Waals surface area contributed by atoms with Crippen LogP contribution >= 0.6 is 0 Å². The van der Waals surface area contributed by atoms with E-state index in [-0.39, 0.29) is 5.91 Å². The number of hydrogen-bond donors (Lipinski definition) is 0. The van der Waals surface area contributed by atoms with Crippen LogP contribution in [-0.4, -0.2) is 74.2 Å². The van der Waals surface area contributed by atoms with Crippen LogP contribution in [0.1, 0.15) is 32.1 Å². The Balaban J connectivity index is 1.51. The minimum atomic E-state index is -3.44. The molecule has 0 radical (unpaired) electrons. The quantitative estimate of drug-likeness (QED) is 0.782. The fraction of sp³-hybridized carbons (Fsp3) is 0.632. The SMILES string of the molecule is CN(C(=O)CN1CCN(S(=O)(=O)c2ccccc2)CC1)C1CCCCC1. The molecule has 26 heavy (non-hydrogen) atoms. The van der Waals surface area contributed by atoms with E-state index in [4.69, 9.17) is 0 Å². The van der Waals surface area contributed by atoms with E-state index in [2.05, 4.69) is 4.90 Å². The van der Waals surface area contributed by atoms with E-state index in [0.29, 0.717) is 43.7 Å². The van der Waals surface area contributed by atoms with Gasteiger partial charge in [-0.15, -0.1) is 0 Å². The number of carbonyl (C=O) groups excluding carboxylic acids is 1. The lowest BCUT2D eigenvalue weighted by Gasteiger charge is -2.36. The molecular weight excluding hydrogens is 350 g/mol. The summed E-state index contributed by atoms with van der Waals surface area (Å²) in [5.41, 5.74) is 0. The number of hydrogen-bond acceptors (Lipinski definition) is 4. The van der Waals surface area contributed by atoms with Crippen molar-refractivity contribution in [3.63, 3.8) is 0 Å². The summed E-state index contributed by atoms with van der Waals surface area (Å²) in [6.07, 6.45) is 5.89.